The Morgan fingerprint density at radius 2 is 1.89 bits per heavy atom. The van der Waals surface area contributed by atoms with E-state index in [-0.39, 0.29) is 24.0 Å². The average Bonchev–Trinajstić information content (AvgIpc) is 2.36. The highest BCUT2D eigenvalue weighted by Crippen LogP contribution is 2.23. The minimum absolute atomic E-state index is 0.0432. The lowest BCUT2D eigenvalue weighted by Gasteiger charge is -2.36. The maximum Gasteiger partial charge on any atom is 0.308 e. The summed E-state index contributed by atoms with van der Waals surface area (Å²) in [5.74, 6) is -0.441. The molecule has 0 aromatic heterocycles. The Morgan fingerprint density at radius 1 is 1.32 bits per heavy atom. The van der Waals surface area contributed by atoms with Crippen LogP contribution in [0.3, 0.4) is 0 Å². The Morgan fingerprint density at radius 3 is 2.37 bits per heavy atom. The molecule has 19 heavy (non-hydrogen) atoms. The summed E-state index contributed by atoms with van der Waals surface area (Å²) in [6, 6.07) is 0.0658. The van der Waals surface area contributed by atoms with Gasteiger partial charge in [-0.25, -0.2) is 0 Å². The molecule has 0 aromatic carbocycles. The van der Waals surface area contributed by atoms with Gasteiger partial charge in [0, 0.05) is 25.2 Å². The van der Waals surface area contributed by atoms with E-state index >= 15 is 0 Å². The zero-order chi connectivity index (χ0) is 14.0. The summed E-state index contributed by atoms with van der Waals surface area (Å²) >= 11 is 0. The van der Waals surface area contributed by atoms with Gasteiger partial charge in [0.25, 0.3) is 10.2 Å². The molecule has 0 spiro atoms. The first kappa shape index (κ1) is 14.7. The van der Waals surface area contributed by atoms with Crippen LogP contribution >= 0.6 is 0 Å². The van der Waals surface area contributed by atoms with Gasteiger partial charge < -0.3 is 10.5 Å². The fourth-order valence-corrected chi connectivity index (χ4v) is 4.00. The molecular formula is C11H21N3O4S. The van der Waals surface area contributed by atoms with E-state index < -0.39 is 10.2 Å². The molecule has 3 N–H and O–H groups in total. The van der Waals surface area contributed by atoms with E-state index in [1.165, 1.54) is 11.4 Å². The molecule has 2 rings (SSSR count). The highest BCUT2D eigenvalue weighted by molar-refractivity contribution is 7.87. The molecule has 1 aliphatic carbocycles. The molecule has 0 aromatic rings. The number of rotatable bonds is 4. The third kappa shape index (κ3) is 3.44. The third-order valence-corrected chi connectivity index (χ3v) is 5.49. The number of hydrogen-bond acceptors (Lipinski definition) is 5. The highest BCUT2D eigenvalue weighted by atomic mass is 32.2. The van der Waals surface area contributed by atoms with Crippen LogP contribution in [0, 0.1) is 5.92 Å². The number of nitrogens with zero attached hydrogens (tertiary/aromatic N) is 1. The molecule has 2 fully saturated rings. The van der Waals surface area contributed by atoms with Crippen LogP contribution in [0.5, 0.6) is 0 Å². The lowest BCUT2D eigenvalue weighted by molar-refractivity contribution is -0.146. The summed E-state index contributed by atoms with van der Waals surface area (Å²) in [7, 11) is -2.09. The summed E-state index contributed by atoms with van der Waals surface area (Å²) in [5.41, 5.74) is 5.63. The van der Waals surface area contributed by atoms with Crippen molar-refractivity contribution < 1.29 is 17.9 Å². The maximum absolute atomic E-state index is 12.1. The lowest BCUT2D eigenvalue weighted by atomic mass is 9.89. The van der Waals surface area contributed by atoms with E-state index in [9.17, 15) is 13.2 Å². The van der Waals surface area contributed by atoms with Crippen LogP contribution in [-0.2, 0) is 19.7 Å². The first-order valence-electron chi connectivity index (χ1n) is 6.53. The van der Waals surface area contributed by atoms with Crippen molar-refractivity contribution in [2.45, 2.75) is 37.8 Å². The Balaban J connectivity index is 1.84. The predicted molar refractivity (Wildman–Crippen MR) is 69.4 cm³/mol. The summed E-state index contributed by atoms with van der Waals surface area (Å²) in [6.07, 6.45) is 2.41. The van der Waals surface area contributed by atoms with Crippen molar-refractivity contribution in [3.63, 3.8) is 0 Å². The highest BCUT2D eigenvalue weighted by Gasteiger charge is 2.35. The van der Waals surface area contributed by atoms with Crippen molar-refractivity contribution in [2.75, 3.05) is 20.2 Å². The second-order valence-electron chi connectivity index (χ2n) is 5.25. The minimum Gasteiger partial charge on any atom is -0.469 e. The molecule has 2 aliphatic rings. The monoisotopic (exact) mass is 291 g/mol. The van der Waals surface area contributed by atoms with E-state index in [4.69, 9.17) is 5.73 Å². The molecule has 0 unspecified atom stereocenters. The number of carbonyl (C=O) groups excluding carboxylic acids is 1. The molecule has 1 saturated heterocycles. The van der Waals surface area contributed by atoms with Crippen molar-refractivity contribution in [3.8, 4) is 0 Å². The molecular weight excluding hydrogens is 270 g/mol. The summed E-state index contributed by atoms with van der Waals surface area (Å²) < 4.78 is 32.9. The van der Waals surface area contributed by atoms with E-state index in [1.54, 1.807) is 0 Å². The SMILES string of the molecule is COC(=O)C1CCN(S(=O)(=O)NC2CC(N)C2)CC1. The van der Waals surface area contributed by atoms with E-state index in [0.717, 1.165) is 0 Å². The smallest absolute Gasteiger partial charge is 0.308 e. The quantitative estimate of drug-likeness (QED) is 0.660. The fraction of sp³-hybridized carbons (Fsp3) is 0.909. The average molecular weight is 291 g/mol. The van der Waals surface area contributed by atoms with Crippen LogP contribution in [-0.4, -0.2) is 51.0 Å². The van der Waals surface area contributed by atoms with Crippen molar-refractivity contribution in [2.24, 2.45) is 11.7 Å². The topological polar surface area (TPSA) is 102 Å². The summed E-state index contributed by atoms with van der Waals surface area (Å²) in [4.78, 5) is 11.4. The Hall–Kier alpha value is -0.700. The Bertz CT molecular complexity index is 425. The number of esters is 1. The molecule has 0 atom stereocenters. The van der Waals surface area contributed by atoms with Gasteiger partial charge in [0.2, 0.25) is 0 Å². The first-order valence-corrected chi connectivity index (χ1v) is 7.97. The van der Waals surface area contributed by atoms with Crippen LogP contribution in [0.25, 0.3) is 0 Å². The van der Waals surface area contributed by atoms with Crippen molar-refractivity contribution in [3.05, 3.63) is 0 Å². The predicted octanol–water partition coefficient (Wildman–Crippen LogP) is -0.804. The summed E-state index contributed by atoms with van der Waals surface area (Å²) in [5, 5.41) is 0. The van der Waals surface area contributed by atoms with Gasteiger partial charge in [0.15, 0.2) is 0 Å². The number of carbonyl (C=O) groups is 1. The van der Waals surface area contributed by atoms with E-state index in [1.807, 2.05) is 0 Å². The second-order valence-corrected chi connectivity index (χ2v) is 6.95. The molecule has 1 aliphatic heterocycles. The number of nitrogens with two attached hydrogens (primary N) is 1. The Labute approximate surface area is 113 Å². The minimum atomic E-state index is -3.45. The summed E-state index contributed by atoms with van der Waals surface area (Å²) in [6.45, 7) is 0.710. The van der Waals surface area contributed by atoms with Gasteiger partial charge in [0.1, 0.15) is 0 Å². The number of methoxy groups -OCH3 is 1. The fourth-order valence-electron chi connectivity index (χ4n) is 2.54. The van der Waals surface area contributed by atoms with Crippen LogP contribution in [0.2, 0.25) is 0 Å². The molecule has 8 heteroatoms. The zero-order valence-electron chi connectivity index (χ0n) is 11.0. The van der Waals surface area contributed by atoms with E-state index in [2.05, 4.69) is 9.46 Å². The molecule has 0 bridgehead atoms. The van der Waals surface area contributed by atoms with Gasteiger partial charge in [-0.15, -0.1) is 0 Å². The standard InChI is InChI=1S/C11H21N3O4S/c1-18-11(15)8-2-4-14(5-3-8)19(16,17)13-10-6-9(12)7-10/h8-10,13H,2-7,12H2,1H3. The second kappa shape index (κ2) is 5.74. The van der Waals surface area contributed by atoms with Crippen LogP contribution < -0.4 is 10.5 Å². The van der Waals surface area contributed by atoms with Gasteiger partial charge in [-0.1, -0.05) is 0 Å². The zero-order valence-corrected chi connectivity index (χ0v) is 11.9. The Kier molecular flexibility index (Phi) is 4.44. The molecule has 0 radical (unpaired) electrons. The molecule has 110 valence electrons. The van der Waals surface area contributed by atoms with Gasteiger partial charge in [0.05, 0.1) is 13.0 Å². The van der Waals surface area contributed by atoms with Crippen molar-refractivity contribution in [1.82, 2.24) is 9.03 Å². The van der Waals surface area contributed by atoms with Crippen LogP contribution in [0.4, 0.5) is 0 Å². The molecule has 7 nitrogen and oxygen atoms in total. The lowest BCUT2D eigenvalue weighted by Crippen LogP contribution is -2.55. The normalized spacial score (nSPS) is 29.8. The maximum atomic E-state index is 12.1. The van der Waals surface area contributed by atoms with Crippen LogP contribution in [0.15, 0.2) is 0 Å². The largest absolute Gasteiger partial charge is 0.469 e. The number of piperidine rings is 1. The number of ether oxygens (including phenoxy) is 1. The van der Waals surface area contributed by atoms with Gasteiger partial charge in [-0.05, 0) is 25.7 Å². The number of nitrogens with one attached hydrogen (secondary N) is 1. The molecule has 1 heterocycles. The van der Waals surface area contributed by atoms with Gasteiger partial charge in [-0.2, -0.15) is 17.4 Å². The first-order chi connectivity index (χ1) is 8.92. The van der Waals surface area contributed by atoms with Crippen molar-refractivity contribution in [1.29, 1.82) is 0 Å². The third-order valence-electron chi connectivity index (χ3n) is 3.82. The van der Waals surface area contributed by atoms with Gasteiger partial charge in [-0.3, -0.25) is 4.79 Å². The van der Waals surface area contributed by atoms with Crippen molar-refractivity contribution >= 4 is 16.2 Å². The molecule has 0 amide bonds. The molecule has 1 saturated carbocycles. The van der Waals surface area contributed by atoms with Crippen LogP contribution in [0.1, 0.15) is 25.7 Å². The van der Waals surface area contributed by atoms with Gasteiger partial charge >= 0.3 is 5.97 Å². The van der Waals surface area contributed by atoms with E-state index in [0.29, 0.717) is 38.8 Å². The number of hydrogen-bond donors (Lipinski definition) is 2.